The van der Waals surface area contributed by atoms with Crippen LogP contribution in [0.25, 0.3) is 6.08 Å². The Hall–Kier alpha value is -2.67. The molecule has 7 nitrogen and oxygen atoms in total. The van der Waals surface area contributed by atoms with Crippen molar-refractivity contribution in [3.05, 3.63) is 44.5 Å². The number of likely N-dealkylation sites (tertiary alicyclic amines) is 1. The first kappa shape index (κ1) is 22.5. The predicted molar refractivity (Wildman–Crippen MR) is 125 cm³/mol. The number of anilines is 1. The van der Waals surface area contributed by atoms with Gasteiger partial charge in [0.15, 0.2) is 0 Å². The summed E-state index contributed by atoms with van der Waals surface area (Å²) in [6.45, 7) is 1.21. The molecule has 1 aliphatic carbocycles. The molecule has 9 heteroatoms. The lowest BCUT2D eigenvalue weighted by atomic mass is 9.94. The normalized spacial score (nSPS) is 20.2. The van der Waals surface area contributed by atoms with E-state index < -0.39 is 0 Å². The number of ether oxygens (including phenoxy) is 2. The Bertz CT molecular complexity index is 1040. The molecule has 2 aromatic rings. The molecule has 0 aromatic carbocycles. The second kappa shape index (κ2) is 10.3. The molecule has 1 saturated heterocycles. The number of nitrogens with zero attached hydrogens (tertiary/aromatic N) is 2. The van der Waals surface area contributed by atoms with Gasteiger partial charge in [0.2, 0.25) is 5.91 Å². The van der Waals surface area contributed by atoms with E-state index in [4.69, 9.17) is 9.47 Å². The van der Waals surface area contributed by atoms with Crippen LogP contribution in [0.2, 0.25) is 0 Å². The van der Waals surface area contributed by atoms with Crippen LogP contribution in [-0.2, 0) is 27.1 Å². The minimum absolute atomic E-state index is 0.0719. The van der Waals surface area contributed by atoms with Crippen LogP contribution in [0.1, 0.15) is 40.1 Å². The minimum atomic E-state index is -0.290. The van der Waals surface area contributed by atoms with Crippen molar-refractivity contribution in [2.75, 3.05) is 25.6 Å². The summed E-state index contributed by atoms with van der Waals surface area (Å²) in [6.07, 6.45) is 6.47. The third-order valence-electron chi connectivity index (χ3n) is 5.75. The minimum Gasteiger partial charge on any atom is -0.446 e. The van der Waals surface area contributed by atoms with Gasteiger partial charge >= 0.3 is 6.09 Å². The van der Waals surface area contributed by atoms with Gasteiger partial charge in [0.1, 0.15) is 17.2 Å². The standard InChI is InChI=1S/C23H25N3O4S2/c1-29-14-15-4-2-10-26(15)23(28)30-16-6-8-18-19(13-24)22(32-20(18)12-16)25-21(27)9-7-17-5-3-11-31-17/h3,5,7,9,11,15-16H,2,4,6,8,10,12,14H2,1H3,(H,25,27)/b9-7+. The molecule has 2 amide bonds. The summed E-state index contributed by atoms with van der Waals surface area (Å²) in [7, 11) is 1.64. The van der Waals surface area contributed by atoms with Crippen LogP contribution >= 0.6 is 22.7 Å². The van der Waals surface area contributed by atoms with E-state index in [9.17, 15) is 14.9 Å². The SMILES string of the molecule is COCC1CCCN1C(=O)OC1CCc2c(sc(NC(=O)/C=C/c3cccs3)c2C#N)C1. The van der Waals surface area contributed by atoms with Crippen molar-refractivity contribution in [1.82, 2.24) is 4.90 Å². The van der Waals surface area contributed by atoms with Crippen LogP contribution in [0.4, 0.5) is 9.80 Å². The maximum absolute atomic E-state index is 12.7. The van der Waals surface area contributed by atoms with E-state index in [0.29, 0.717) is 43.0 Å². The van der Waals surface area contributed by atoms with Gasteiger partial charge in [-0.1, -0.05) is 6.07 Å². The van der Waals surface area contributed by atoms with Crippen LogP contribution in [0.3, 0.4) is 0 Å². The molecule has 1 aliphatic heterocycles. The average molecular weight is 472 g/mol. The lowest BCUT2D eigenvalue weighted by molar-refractivity contribution is -0.111. The topological polar surface area (TPSA) is 91.7 Å². The highest BCUT2D eigenvalue weighted by Gasteiger charge is 2.33. The van der Waals surface area contributed by atoms with Crippen molar-refractivity contribution >= 4 is 45.8 Å². The first-order valence-electron chi connectivity index (χ1n) is 10.6. The number of carbonyl (C=O) groups excluding carboxylic acids is 2. The maximum atomic E-state index is 12.7. The summed E-state index contributed by atoms with van der Waals surface area (Å²) >= 11 is 2.95. The molecule has 4 rings (SSSR count). The zero-order valence-corrected chi connectivity index (χ0v) is 19.5. The summed E-state index contributed by atoms with van der Waals surface area (Å²) in [4.78, 5) is 28.8. The number of rotatable bonds is 6. The van der Waals surface area contributed by atoms with Gasteiger partial charge < -0.3 is 19.7 Å². The second-order valence-corrected chi connectivity index (χ2v) is 9.94. The fourth-order valence-corrected chi connectivity index (χ4v) is 6.10. The van der Waals surface area contributed by atoms with Gasteiger partial charge in [-0.3, -0.25) is 4.79 Å². The van der Waals surface area contributed by atoms with E-state index in [2.05, 4.69) is 11.4 Å². The Kier molecular flexibility index (Phi) is 7.25. The molecule has 2 aliphatic rings. The van der Waals surface area contributed by atoms with Crippen molar-refractivity contribution in [3.8, 4) is 6.07 Å². The Morgan fingerprint density at radius 2 is 2.28 bits per heavy atom. The third-order valence-corrected chi connectivity index (χ3v) is 7.76. The van der Waals surface area contributed by atoms with Crippen LogP contribution in [0.15, 0.2) is 23.6 Å². The van der Waals surface area contributed by atoms with Crippen molar-refractivity contribution in [3.63, 3.8) is 0 Å². The first-order chi connectivity index (χ1) is 15.6. The molecule has 0 saturated carbocycles. The molecule has 2 unspecified atom stereocenters. The maximum Gasteiger partial charge on any atom is 0.410 e. The first-order valence-corrected chi connectivity index (χ1v) is 12.3. The second-order valence-electron chi connectivity index (χ2n) is 7.85. The summed E-state index contributed by atoms with van der Waals surface area (Å²) in [5, 5.41) is 15.0. The van der Waals surface area contributed by atoms with Crippen LogP contribution in [0, 0.1) is 11.3 Å². The predicted octanol–water partition coefficient (Wildman–Crippen LogP) is 4.44. The fourth-order valence-electron chi connectivity index (χ4n) is 4.21. The Labute approximate surface area is 195 Å². The smallest absolute Gasteiger partial charge is 0.410 e. The molecule has 3 heterocycles. The van der Waals surface area contributed by atoms with Crippen molar-refractivity contribution in [1.29, 1.82) is 5.26 Å². The summed E-state index contributed by atoms with van der Waals surface area (Å²) < 4.78 is 11.0. The zero-order valence-electron chi connectivity index (χ0n) is 17.8. The highest BCUT2D eigenvalue weighted by atomic mass is 32.1. The van der Waals surface area contributed by atoms with Gasteiger partial charge in [0.05, 0.1) is 18.2 Å². The largest absolute Gasteiger partial charge is 0.446 e. The Morgan fingerprint density at radius 3 is 3.03 bits per heavy atom. The summed E-state index contributed by atoms with van der Waals surface area (Å²) in [5.74, 6) is -0.269. The summed E-state index contributed by atoms with van der Waals surface area (Å²) in [5.41, 5.74) is 1.48. The number of thiophene rings is 2. The molecule has 2 aromatic heterocycles. The number of hydrogen-bond acceptors (Lipinski definition) is 7. The van der Waals surface area contributed by atoms with Crippen LogP contribution < -0.4 is 5.32 Å². The molecule has 32 heavy (non-hydrogen) atoms. The third kappa shape index (κ3) is 5.04. The highest BCUT2D eigenvalue weighted by Crippen LogP contribution is 2.38. The van der Waals surface area contributed by atoms with Gasteiger partial charge in [-0.15, -0.1) is 22.7 Å². The van der Waals surface area contributed by atoms with E-state index in [1.807, 2.05) is 17.5 Å². The zero-order chi connectivity index (χ0) is 22.5. The van der Waals surface area contributed by atoms with Gasteiger partial charge in [-0.2, -0.15) is 5.26 Å². The molecular weight excluding hydrogens is 446 g/mol. The quantitative estimate of drug-likeness (QED) is 0.629. The van der Waals surface area contributed by atoms with E-state index in [-0.39, 0.29) is 24.1 Å². The van der Waals surface area contributed by atoms with E-state index in [1.54, 1.807) is 29.4 Å². The Morgan fingerprint density at radius 1 is 1.41 bits per heavy atom. The number of fused-ring (bicyclic) bond motifs is 1. The summed E-state index contributed by atoms with van der Waals surface area (Å²) in [6, 6.07) is 6.17. The van der Waals surface area contributed by atoms with Gasteiger partial charge in [0, 0.05) is 35.9 Å². The molecular formula is C23H25N3O4S2. The highest BCUT2D eigenvalue weighted by molar-refractivity contribution is 7.16. The van der Waals surface area contributed by atoms with Crippen LogP contribution in [0.5, 0.6) is 0 Å². The van der Waals surface area contributed by atoms with Crippen molar-refractivity contribution in [2.24, 2.45) is 0 Å². The van der Waals surface area contributed by atoms with E-state index >= 15 is 0 Å². The number of amides is 2. The monoisotopic (exact) mass is 471 g/mol. The Balaban J connectivity index is 1.40. The number of nitriles is 1. The number of nitrogens with one attached hydrogen (secondary N) is 1. The molecule has 1 fully saturated rings. The van der Waals surface area contributed by atoms with Crippen LogP contribution in [-0.4, -0.2) is 49.3 Å². The number of methoxy groups -OCH3 is 1. The number of carbonyl (C=O) groups is 2. The molecule has 0 radical (unpaired) electrons. The molecule has 0 spiro atoms. The van der Waals surface area contributed by atoms with Crippen molar-refractivity contribution < 1.29 is 19.1 Å². The number of hydrogen-bond donors (Lipinski definition) is 1. The molecule has 0 bridgehead atoms. The molecule has 1 N–H and O–H groups in total. The fraction of sp³-hybridized carbons (Fsp3) is 0.435. The lowest BCUT2D eigenvalue weighted by Crippen LogP contribution is -2.40. The van der Waals surface area contributed by atoms with Gasteiger partial charge in [0.25, 0.3) is 0 Å². The lowest BCUT2D eigenvalue weighted by Gasteiger charge is -2.28. The van der Waals surface area contributed by atoms with E-state index in [1.165, 1.54) is 17.4 Å². The van der Waals surface area contributed by atoms with Gasteiger partial charge in [-0.05, 0) is 48.8 Å². The van der Waals surface area contributed by atoms with Gasteiger partial charge in [-0.25, -0.2) is 4.79 Å². The van der Waals surface area contributed by atoms with E-state index in [0.717, 1.165) is 28.2 Å². The molecule has 2 atom stereocenters. The average Bonchev–Trinajstić information content (AvgIpc) is 3.52. The van der Waals surface area contributed by atoms with Crippen molar-refractivity contribution in [2.45, 2.75) is 44.2 Å². The molecule has 168 valence electrons.